The van der Waals surface area contributed by atoms with Crippen LogP contribution in [0.3, 0.4) is 0 Å². The fourth-order valence-corrected chi connectivity index (χ4v) is 6.55. The third-order valence-electron chi connectivity index (χ3n) is 5.68. The van der Waals surface area contributed by atoms with Gasteiger partial charge in [0.05, 0.1) is 17.4 Å². The predicted molar refractivity (Wildman–Crippen MR) is 90.1 cm³/mol. The molecule has 2 heterocycles. The van der Waals surface area contributed by atoms with Crippen molar-refractivity contribution in [2.45, 2.75) is 55.8 Å². The van der Waals surface area contributed by atoms with E-state index in [2.05, 4.69) is 0 Å². The Morgan fingerprint density at radius 2 is 1.83 bits per heavy atom. The van der Waals surface area contributed by atoms with Crippen LogP contribution in [0.15, 0.2) is 24.3 Å². The summed E-state index contributed by atoms with van der Waals surface area (Å²) in [5, 5.41) is -0.270. The second-order valence-electron chi connectivity index (χ2n) is 7.17. The summed E-state index contributed by atoms with van der Waals surface area (Å²) in [5.41, 5.74) is 0.626. The van der Waals surface area contributed by atoms with E-state index in [9.17, 15) is 13.2 Å². The molecule has 0 N–H and O–H groups in total. The summed E-state index contributed by atoms with van der Waals surface area (Å²) in [6.45, 7) is 0.787. The smallest absolute Gasteiger partial charge is 0.339 e. The highest BCUT2D eigenvalue weighted by Crippen LogP contribution is 2.44. The van der Waals surface area contributed by atoms with E-state index >= 15 is 0 Å². The largest absolute Gasteiger partial charge is 0.449 e. The van der Waals surface area contributed by atoms with Gasteiger partial charge in [-0.05, 0) is 31.7 Å². The molecule has 0 bridgehead atoms. The van der Waals surface area contributed by atoms with Crippen molar-refractivity contribution in [2.75, 3.05) is 13.1 Å². The Morgan fingerprint density at radius 1 is 1.08 bits per heavy atom. The molecule has 130 valence electrons. The van der Waals surface area contributed by atoms with Crippen LogP contribution in [-0.2, 0) is 20.4 Å². The van der Waals surface area contributed by atoms with Crippen LogP contribution in [0.1, 0.15) is 60.9 Å². The minimum Gasteiger partial charge on any atom is -0.449 e. The van der Waals surface area contributed by atoms with Gasteiger partial charge in [-0.1, -0.05) is 37.5 Å². The summed E-state index contributed by atoms with van der Waals surface area (Å²) < 4.78 is 33.4. The van der Waals surface area contributed by atoms with E-state index < -0.39 is 15.6 Å². The van der Waals surface area contributed by atoms with Crippen LogP contribution in [-0.4, -0.2) is 37.0 Å². The lowest BCUT2D eigenvalue weighted by Crippen LogP contribution is -2.51. The van der Waals surface area contributed by atoms with Gasteiger partial charge in [0.2, 0.25) is 10.0 Å². The Morgan fingerprint density at radius 3 is 2.62 bits per heavy atom. The van der Waals surface area contributed by atoms with Gasteiger partial charge in [-0.15, -0.1) is 0 Å². The number of ether oxygens (including phenoxy) is 1. The molecule has 1 aromatic rings. The number of nitrogens with zero attached hydrogens (tertiary/aromatic N) is 1. The number of carbonyl (C=O) groups excluding carboxylic acids is 1. The number of piperidine rings is 1. The summed E-state index contributed by atoms with van der Waals surface area (Å²) in [6.07, 6.45) is 6.01. The van der Waals surface area contributed by atoms with Gasteiger partial charge >= 0.3 is 5.97 Å². The van der Waals surface area contributed by atoms with Crippen LogP contribution in [0.5, 0.6) is 0 Å². The van der Waals surface area contributed by atoms with Gasteiger partial charge < -0.3 is 4.74 Å². The van der Waals surface area contributed by atoms with Gasteiger partial charge in [0.25, 0.3) is 0 Å². The van der Waals surface area contributed by atoms with E-state index in [-0.39, 0.29) is 17.8 Å². The molecule has 0 amide bonds. The predicted octanol–water partition coefficient (Wildman–Crippen LogP) is 2.81. The summed E-state index contributed by atoms with van der Waals surface area (Å²) in [4.78, 5) is 12.2. The molecule has 1 aliphatic carbocycles. The molecule has 4 rings (SSSR count). The maximum absolute atomic E-state index is 13.1. The fourth-order valence-electron chi connectivity index (χ4n) is 4.42. The van der Waals surface area contributed by atoms with E-state index in [1.54, 1.807) is 10.4 Å². The second kappa shape index (κ2) is 5.85. The van der Waals surface area contributed by atoms with Gasteiger partial charge in [-0.2, -0.15) is 4.31 Å². The number of sulfonamides is 1. The van der Waals surface area contributed by atoms with Gasteiger partial charge in [-0.25, -0.2) is 13.2 Å². The highest BCUT2D eigenvalue weighted by Gasteiger charge is 2.50. The topological polar surface area (TPSA) is 63.7 Å². The number of fused-ring (bicyclic) bond motifs is 2. The molecular weight excluding hydrogens is 326 g/mol. The zero-order valence-corrected chi connectivity index (χ0v) is 14.6. The maximum Gasteiger partial charge on any atom is 0.339 e. The van der Waals surface area contributed by atoms with Gasteiger partial charge in [0.15, 0.2) is 5.60 Å². The van der Waals surface area contributed by atoms with Crippen molar-refractivity contribution in [3.05, 3.63) is 35.4 Å². The highest BCUT2D eigenvalue weighted by molar-refractivity contribution is 7.89. The molecule has 1 aromatic carbocycles. The molecule has 1 saturated carbocycles. The normalized spacial score (nSPS) is 28.8. The second-order valence-corrected chi connectivity index (χ2v) is 9.38. The monoisotopic (exact) mass is 349 g/mol. The highest BCUT2D eigenvalue weighted by atomic mass is 32.2. The lowest BCUT2D eigenvalue weighted by Gasteiger charge is -2.40. The van der Waals surface area contributed by atoms with E-state index in [1.165, 1.54) is 0 Å². The molecule has 0 radical (unpaired) electrons. The third-order valence-corrected chi connectivity index (χ3v) is 8.02. The molecule has 1 saturated heterocycles. The first-order valence-corrected chi connectivity index (χ1v) is 10.4. The SMILES string of the molecule is O=C1OC2(CCCN(S(=O)(=O)C3CCCCC3)C2)c2ccccc21. The van der Waals surface area contributed by atoms with Gasteiger partial charge in [-0.3, -0.25) is 0 Å². The summed E-state index contributed by atoms with van der Waals surface area (Å²) in [6, 6.07) is 7.37. The molecule has 1 unspecified atom stereocenters. The van der Waals surface area contributed by atoms with E-state index in [0.717, 1.165) is 37.7 Å². The molecule has 24 heavy (non-hydrogen) atoms. The first-order valence-electron chi connectivity index (χ1n) is 8.85. The first-order chi connectivity index (χ1) is 11.5. The number of carbonyl (C=O) groups is 1. The van der Waals surface area contributed by atoms with Crippen LogP contribution in [0.2, 0.25) is 0 Å². The lowest BCUT2D eigenvalue weighted by atomic mass is 9.86. The molecular formula is C18H23NO4S. The van der Waals surface area contributed by atoms with Crippen LogP contribution in [0, 0.1) is 0 Å². The van der Waals surface area contributed by atoms with Crippen molar-refractivity contribution in [3.63, 3.8) is 0 Å². The number of hydrogen-bond acceptors (Lipinski definition) is 4. The maximum atomic E-state index is 13.1. The van der Waals surface area contributed by atoms with E-state index in [1.807, 2.05) is 18.2 Å². The third kappa shape index (κ3) is 2.47. The fraction of sp³-hybridized carbons (Fsp3) is 0.611. The molecule has 5 nitrogen and oxygen atoms in total. The molecule has 0 aromatic heterocycles. The summed E-state index contributed by atoms with van der Waals surface area (Å²) >= 11 is 0. The Labute approximate surface area is 143 Å². The molecule has 2 fully saturated rings. The molecule has 6 heteroatoms. The zero-order valence-electron chi connectivity index (χ0n) is 13.7. The number of esters is 1. The lowest BCUT2D eigenvalue weighted by molar-refractivity contribution is -0.0347. The number of benzene rings is 1. The van der Waals surface area contributed by atoms with Gasteiger partial charge in [0.1, 0.15) is 0 Å². The minimum absolute atomic E-state index is 0.259. The van der Waals surface area contributed by atoms with Crippen LogP contribution >= 0.6 is 0 Å². The van der Waals surface area contributed by atoms with E-state index in [0.29, 0.717) is 24.9 Å². The molecule has 2 aliphatic heterocycles. The molecule has 3 aliphatic rings. The standard InChI is InChI=1S/C18H23NO4S/c20-17-15-9-4-5-10-16(15)18(23-17)11-6-12-19(13-18)24(21,22)14-7-2-1-3-8-14/h4-5,9-10,14H,1-3,6-8,11-13H2. The Hall–Kier alpha value is -1.40. The number of hydrogen-bond donors (Lipinski definition) is 0. The first kappa shape index (κ1) is 16.1. The van der Waals surface area contributed by atoms with Crippen molar-refractivity contribution >= 4 is 16.0 Å². The van der Waals surface area contributed by atoms with Crippen molar-refractivity contribution in [2.24, 2.45) is 0 Å². The quantitative estimate of drug-likeness (QED) is 0.770. The van der Waals surface area contributed by atoms with Crippen LogP contribution in [0.4, 0.5) is 0 Å². The Balaban J connectivity index is 1.64. The number of rotatable bonds is 2. The van der Waals surface area contributed by atoms with Crippen molar-refractivity contribution in [1.29, 1.82) is 0 Å². The average molecular weight is 349 g/mol. The van der Waals surface area contributed by atoms with Crippen molar-refractivity contribution in [3.8, 4) is 0 Å². The van der Waals surface area contributed by atoms with E-state index in [4.69, 9.17) is 4.74 Å². The zero-order chi connectivity index (χ0) is 16.8. The molecule has 1 atom stereocenters. The van der Waals surface area contributed by atoms with Crippen LogP contribution in [0.25, 0.3) is 0 Å². The Bertz CT molecular complexity index is 754. The Kier molecular flexibility index (Phi) is 3.92. The summed E-state index contributed by atoms with van der Waals surface area (Å²) in [7, 11) is -3.33. The minimum atomic E-state index is -3.33. The summed E-state index contributed by atoms with van der Waals surface area (Å²) in [5.74, 6) is -0.331. The van der Waals surface area contributed by atoms with Crippen molar-refractivity contribution in [1.82, 2.24) is 4.31 Å². The van der Waals surface area contributed by atoms with Gasteiger partial charge in [0, 0.05) is 12.1 Å². The van der Waals surface area contributed by atoms with Crippen molar-refractivity contribution < 1.29 is 17.9 Å². The molecule has 1 spiro atoms. The average Bonchev–Trinajstić information content (AvgIpc) is 2.88. The van der Waals surface area contributed by atoms with Crippen LogP contribution < -0.4 is 0 Å².